The van der Waals surface area contributed by atoms with Gasteiger partial charge in [0.25, 0.3) is 0 Å². The Hall–Kier alpha value is -1.54. The summed E-state index contributed by atoms with van der Waals surface area (Å²) in [5.74, 6) is -0.0813. The molecule has 0 aromatic heterocycles. The van der Waals surface area contributed by atoms with Crippen LogP contribution in [0.25, 0.3) is 0 Å². The van der Waals surface area contributed by atoms with E-state index in [1.54, 1.807) is 0 Å². The lowest BCUT2D eigenvalue weighted by Crippen LogP contribution is -2.40. The van der Waals surface area contributed by atoms with Gasteiger partial charge in [-0.2, -0.15) is 5.26 Å². The molecular weight excluding hydrogens is 258 g/mol. The zero-order chi connectivity index (χ0) is 10.8. The van der Waals surface area contributed by atoms with Gasteiger partial charge in [0.2, 0.25) is 5.91 Å². The van der Waals surface area contributed by atoms with Gasteiger partial charge in [-0.25, -0.2) is 0 Å². The van der Waals surface area contributed by atoms with Crippen LogP contribution in [0.15, 0.2) is 22.7 Å². The molecule has 1 heterocycles. The van der Waals surface area contributed by atoms with Gasteiger partial charge >= 0.3 is 0 Å². The van der Waals surface area contributed by atoms with Gasteiger partial charge in [-0.05, 0) is 18.2 Å². The zero-order valence-corrected chi connectivity index (χ0v) is 9.41. The van der Waals surface area contributed by atoms with E-state index in [-0.39, 0.29) is 19.0 Å². The Labute approximate surface area is 95.6 Å². The van der Waals surface area contributed by atoms with E-state index in [2.05, 4.69) is 21.2 Å². The van der Waals surface area contributed by atoms with Crippen molar-refractivity contribution in [3.8, 4) is 6.07 Å². The summed E-state index contributed by atoms with van der Waals surface area (Å²) >= 11 is 3.34. The number of hydrogen-bond acceptors (Lipinski definition) is 3. The average molecular weight is 266 g/mol. The fraction of sp³-hybridized carbons (Fsp3) is 0.200. The van der Waals surface area contributed by atoms with Crippen LogP contribution in [0.5, 0.6) is 0 Å². The minimum atomic E-state index is -0.0813. The lowest BCUT2D eigenvalue weighted by Gasteiger charge is -2.28. The maximum Gasteiger partial charge on any atom is 0.247 e. The first-order valence-corrected chi connectivity index (χ1v) is 5.22. The largest absolute Gasteiger partial charge is 0.374 e. The number of nitriles is 1. The highest BCUT2D eigenvalue weighted by Gasteiger charge is 2.23. The second-order valence-corrected chi connectivity index (χ2v) is 4.07. The summed E-state index contributed by atoms with van der Waals surface area (Å²) < 4.78 is 0.890. The van der Waals surface area contributed by atoms with Gasteiger partial charge in [-0.3, -0.25) is 9.69 Å². The molecular formula is C10H8BrN3O. The molecule has 1 aromatic rings. The third kappa shape index (κ3) is 1.81. The third-order valence-corrected chi connectivity index (χ3v) is 2.70. The van der Waals surface area contributed by atoms with Gasteiger partial charge in [-0.1, -0.05) is 15.9 Å². The van der Waals surface area contributed by atoms with Crippen LogP contribution in [0.2, 0.25) is 0 Å². The van der Waals surface area contributed by atoms with Crippen LogP contribution in [0.1, 0.15) is 0 Å². The molecule has 0 fully saturated rings. The van der Waals surface area contributed by atoms with E-state index in [1.807, 2.05) is 24.3 Å². The van der Waals surface area contributed by atoms with Crippen molar-refractivity contribution in [2.75, 3.05) is 23.3 Å². The van der Waals surface area contributed by atoms with Crippen molar-refractivity contribution >= 4 is 33.2 Å². The van der Waals surface area contributed by atoms with Gasteiger partial charge in [0.05, 0.1) is 24.0 Å². The van der Waals surface area contributed by atoms with Crippen molar-refractivity contribution in [3.05, 3.63) is 22.7 Å². The van der Waals surface area contributed by atoms with Crippen molar-refractivity contribution in [1.29, 1.82) is 5.26 Å². The van der Waals surface area contributed by atoms with E-state index < -0.39 is 0 Å². The van der Waals surface area contributed by atoms with Gasteiger partial charge < -0.3 is 5.32 Å². The summed E-state index contributed by atoms with van der Waals surface area (Å²) in [6, 6.07) is 7.60. The van der Waals surface area contributed by atoms with Crippen LogP contribution >= 0.6 is 15.9 Å². The standard InChI is InChI=1S/C10H8BrN3O/c11-7-1-2-8-9(5-7)14(4-3-12)10(15)6-13-8/h1-2,5,13H,4,6H2. The molecule has 0 saturated heterocycles. The van der Waals surface area contributed by atoms with Gasteiger partial charge in [0.15, 0.2) is 0 Å². The van der Waals surface area contributed by atoms with E-state index in [0.29, 0.717) is 0 Å². The molecule has 0 unspecified atom stereocenters. The Morgan fingerprint density at radius 2 is 2.40 bits per heavy atom. The summed E-state index contributed by atoms with van der Waals surface area (Å²) in [6.45, 7) is 0.334. The van der Waals surface area contributed by atoms with Gasteiger partial charge in [0, 0.05) is 4.47 Å². The van der Waals surface area contributed by atoms with Crippen molar-refractivity contribution in [1.82, 2.24) is 0 Å². The predicted octanol–water partition coefficient (Wildman–Crippen LogP) is 1.73. The normalized spacial score (nSPS) is 14.1. The molecule has 1 amide bonds. The third-order valence-electron chi connectivity index (χ3n) is 2.21. The molecule has 0 bridgehead atoms. The predicted molar refractivity (Wildman–Crippen MR) is 60.6 cm³/mol. The minimum Gasteiger partial charge on any atom is -0.374 e. The zero-order valence-electron chi connectivity index (χ0n) is 7.83. The molecule has 5 heteroatoms. The number of carbonyl (C=O) groups is 1. The van der Waals surface area contributed by atoms with Crippen LogP contribution in [0, 0.1) is 11.3 Å². The highest BCUT2D eigenvalue weighted by atomic mass is 79.9. The monoisotopic (exact) mass is 265 g/mol. The fourth-order valence-corrected chi connectivity index (χ4v) is 1.87. The lowest BCUT2D eigenvalue weighted by molar-refractivity contribution is -0.117. The highest BCUT2D eigenvalue weighted by Crippen LogP contribution is 2.31. The Morgan fingerprint density at radius 1 is 1.60 bits per heavy atom. The first-order valence-electron chi connectivity index (χ1n) is 4.43. The fourth-order valence-electron chi connectivity index (χ4n) is 1.52. The molecule has 0 aliphatic carbocycles. The molecule has 0 spiro atoms. The smallest absolute Gasteiger partial charge is 0.247 e. The first kappa shape index (κ1) is 9.99. The number of amides is 1. The maximum atomic E-state index is 11.6. The van der Waals surface area contributed by atoms with Crippen LogP contribution in [-0.4, -0.2) is 19.0 Å². The van der Waals surface area contributed by atoms with E-state index in [0.717, 1.165) is 15.8 Å². The highest BCUT2D eigenvalue weighted by molar-refractivity contribution is 9.10. The van der Waals surface area contributed by atoms with Crippen LogP contribution < -0.4 is 10.2 Å². The molecule has 76 valence electrons. The van der Waals surface area contributed by atoms with Crippen molar-refractivity contribution in [3.63, 3.8) is 0 Å². The average Bonchev–Trinajstić information content (AvgIpc) is 2.23. The van der Waals surface area contributed by atoms with E-state index >= 15 is 0 Å². The summed E-state index contributed by atoms with van der Waals surface area (Å²) in [6.07, 6.45) is 0. The quantitative estimate of drug-likeness (QED) is 0.787. The van der Waals surface area contributed by atoms with Crippen molar-refractivity contribution < 1.29 is 4.79 Å². The van der Waals surface area contributed by atoms with E-state index in [9.17, 15) is 4.79 Å². The SMILES string of the molecule is N#CCN1C(=O)CNc2ccc(Br)cc21. The van der Waals surface area contributed by atoms with Gasteiger partial charge in [-0.15, -0.1) is 0 Å². The number of carbonyl (C=O) groups excluding carboxylic acids is 1. The van der Waals surface area contributed by atoms with Gasteiger partial charge in [0.1, 0.15) is 6.54 Å². The minimum absolute atomic E-state index is 0.0813. The Balaban J connectivity index is 2.46. The molecule has 4 nitrogen and oxygen atoms in total. The molecule has 0 saturated carbocycles. The summed E-state index contributed by atoms with van der Waals surface area (Å²) in [5.41, 5.74) is 1.63. The lowest BCUT2D eigenvalue weighted by atomic mass is 10.2. The molecule has 1 aliphatic heterocycles. The topological polar surface area (TPSA) is 56.1 Å². The number of fused-ring (bicyclic) bond motifs is 1. The number of nitrogens with zero attached hydrogens (tertiary/aromatic N) is 2. The summed E-state index contributed by atoms with van der Waals surface area (Å²) in [4.78, 5) is 13.0. The molecule has 1 aromatic carbocycles. The molecule has 1 aliphatic rings. The number of benzene rings is 1. The van der Waals surface area contributed by atoms with Crippen LogP contribution in [-0.2, 0) is 4.79 Å². The Morgan fingerprint density at radius 3 is 3.13 bits per heavy atom. The number of anilines is 2. The second kappa shape index (κ2) is 3.91. The van der Waals surface area contributed by atoms with Crippen molar-refractivity contribution in [2.24, 2.45) is 0 Å². The van der Waals surface area contributed by atoms with Crippen molar-refractivity contribution in [2.45, 2.75) is 0 Å². The van der Waals surface area contributed by atoms with E-state index in [4.69, 9.17) is 5.26 Å². The number of nitrogens with one attached hydrogen (secondary N) is 1. The van der Waals surface area contributed by atoms with E-state index in [1.165, 1.54) is 4.90 Å². The summed E-state index contributed by atoms with van der Waals surface area (Å²) in [7, 11) is 0. The Bertz CT molecular complexity index is 452. The number of rotatable bonds is 1. The molecule has 0 atom stereocenters. The molecule has 2 rings (SSSR count). The van der Waals surface area contributed by atoms with Crippen LogP contribution in [0.3, 0.4) is 0 Å². The first-order chi connectivity index (χ1) is 7.22. The Kier molecular flexibility index (Phi) is 2.60. The molecule has 15 heavy (non-hydrogen) atoms. The number of halogens is 1. The number of hydrogen-bond donors (Lipinski definition) is 1. The second-order valence-electron chi connectivity index (χ2n) is 3.15. The summed E-state index contributed by atoms with van der Waals surface area (Å²) in [5, 5.41) is 11.7. The maximum absolute atomic E-state index is 11.6. The molecule has 0 radical (unpaired) electrons. The molecule has 1 N–H and O–H groups in total. The van der Waals surface area contributed by atoms with Crippen LogP contribution in [0.4, 0.5) is 11.4 Å².